The number of nitrogens with two attached hydrogens (primary N) is 1. The predicted molar refractivity (Wildman–Crippen MR) is 84.4 cm³/mol. The van der Waals surface area contributed by atoms with Crippen molar-refractivity contribution in [2.24, 2.45) is 5.73 Å². The SMILES string of the molecule is CN1C(=O)C(Oc2ccccc2[N+](=O)[O-])(C(N)=O)c2ccccc21. The fourth-order valence-corrected chi connectivity index (χ4v) is 2.77. The lowest BCUT2D eigenvalue weighted by atomic mass is 9.94. The lowest BCUT2D eigenvalue weighted by Gasteiger charge is -2.25. The first-order valence-electron chi connectivity index (χ1n) is 6.99. The number of carbonyl (C=O) groups excluding carboxylic acids is 2. The summed E-state index contributed by atoms with van der Waals surface area (Å²) < 4.78 is 5.62. The van der Waals surface area contributed by atoms with E-state index in [0.717, 1.165) is 0 Å². The number of anilines is 1. The zero-order chi connectivity index (χ0) is 17.5. The van der Waals surface area contributed by atoms with Crippen molar-refractivity contribution in [2.45, 2.75) is 5.60 Å². The Balaban J connectivity index is 2.21. The van der Waals surface area contributed by atoms with Crippen LogP contribution in [0.2, 0.25) is 0 Å². The Kier molecular flexibility index (Phi) is 3.44. The average molecular weight is 327 g/mol. The van der Waals surface area contributed by atoms with Gasteiger partial charge in [-0.2, -0.15) is 0 Å². The van der Waals surface area contributed by atoms with Crippen LogP contribution in [-0.2, 0) is 15.2 Å². The highest BCUT2D eigenvalue weighted by Crippen LogP contribution is 2.43. The van der Waals surface area contributed by atoms with Crippen molar-refractivity contribution in [3.63, 3.8) is 0 Å². The van der Waals surface area contributed by atoms with Crippen molar-refractivity contribution in [2.75, 3.05) is 11.9 Å². The minimum absolute atomic E-state index is 0.209. The van der Waals surface area contributed by atoms with Gasteiger partial charge in [0.15, 0.2) is 5.75 Å². The number of carbonyl (C=O) groups is 2. The summed E-state index contributed by atoms with van der Waals surface area (Å²) in [4.78, 5) is 36.7. The molecule has 0 aromatic heterocycles. The lowest BCUT2D eigenvalue weighted by Crippen LogP contribution is -2.53. The van der Waals surface area contributed by atoms with E-state index in [9.17, 15) is 19.7 Å². The molecule has 2 amide bonds. The minimum Gasteiger partial charge on any atom is -0.455 e. The molecule has 0 spiro atoms. The van der Waals surface area contributed by atoms with E-state index in [1.54, 1.807) is 18.2 Å². The van der Waals surface area contributed by atoms with E-state index in [-0.39, 0.29) is 17.0 Å². The normalized spacial score (nSPS) is 19.0. The maximum atomic E-state index is 12.7. The lowest BCUT2D eigenvalue weighted by molar-refractivity contribution is -0.386. The van der Waals surface area contributed by atoms with Crippen LogP contribution >= 0.6 is 0 Å². The van der Waals surface area contributed by atoms with Gasteiger partial charge in [-0.1, -0.05) is 30.3 Å². The topological polar surface area (TPSA) is 116 Å². The Labute approximate surface area is 136 Å². The highest BCUT2D eigenvalue weighted by molar-refractivity contribution is 6.20. The van der Waals surface area contributed by atoms with Crippen LogP contribution in [0.25, 0.3) is 0 Å². The maximum Gasteiger partial charge on any atom is 0.311 e. The van der Waals surface area contributed by atoms with E-state index in [0.29, 0.717) is 5.69 Å². The molecule has 0 bridgehead atoms. The molecule has 0 saturated heterocycles. The molecule has 122 valence electrons. The predicted octanol–water partition coefficient (Wildman–Crippen LogP) is 1.33. The van der Waals surface area contributed by atoms with Crippen LogP contribution in [-0.4, -0.2) is 23.8 Å². The molecule has 0 fully saturated rings. The smallest absolute Gasteiger partial charge is 0.311 e. The molecule has 2 N–H and O–H groups in total. The number of hydrogen-bond donors (Lipinski definition) is 1. The van der Waals surface area contributed by atoms with Gasteiger partial charge in [0.2, 0.25) is 0 Å². The number of nitro groups is 1. The van der Waals surface area contributed by atoms with E-state index >= 15 is 0 Å². The van der Waals surface area contributed by atoms with Crippen LogP contribution in [0.15, 0.2) is 48.5 Å². The number of para-hydroxylation sites is 3. The molecule has 1 aliphatic rings. The van der Waals surface area contributed by atoms with Crippen LogP contribution in [0.4, 0.5) is 11.4 Å². The molecule has 1 atom stereocenters. The van der Waals surface area contributed by atoms with Crippen LogP contribution in [0.5, 0.6) is 5.75 Å². The number of ether oxygens (including phenoxy) is 1. The summed E-state index contributed by atoms with van der Waals surface area (Å²) >= 11 is 0. The van der Waals surface area contributed by atoms with Crippen LogP contribution in [0.3, 0.4) is 0 Å². The van der Waals surface area contributed by atoms with Gasteiger partial charge < -0.3 is 15.4 Å². The van der Waals surface area contributed by atoms with Gasteiger partial charge >= 0.3 is 5.69 Å². The molecule has 8 heteroatoms. The van der Waals surface area contributed by atoms with Gasteiger partial charge in [0.1, 0.15) is 0 Å². The number of likely N-dealkylation sites (N-methyl/N-ethyl adjacent to an activating group) is 1. The average Bonchev–Trinajstić information content (AvgIpc) is 2.78. The largest absolute Gasteiger partial charge is 0.455 e. The Hall–Kier alpha value is -3.42. The molecular weight excluding hydrogens is 314 g/mol. The van der Waals surface area contributed by atoms with Crippen LogP contribution < -0.4 is 15.4 Å². The second-order valence-electron chi connectivity index (χ2n) is 5.25. The maximum absolute atomic E-state index is 12.7. The Morgan fingerprint density at radius 2 is 1.83 bits per heavy atom. The first-order chi connectivity index (χ1) is 11.4. The number of nitro benzene ring substituents is 1. The molecule has 2 aromatic carbocycles. The van der Waals surface area contributed by atoms with Crippen molar-refractivity contribution in [3.8, 4) is 5.75 Å². The summed E-state index contributed by atoms with van der Waals surface area (Å²) in [5.74, 6) is -1.95. The number of benzene rings is 2. The molecule has 1 heterocycles. The summed E-state index contributed by atoms with van der Waals surface area (Å²) in [6.07, 6.45) is 0. The second kappa shape index (κ2) is 5.34. The van der Waals surface area contributed by atoms with Gasteiger partial charge in [0.05, 0.1) is 10.6 Å². The summed E-state index contributed by atoms with van der Waals surface area (Å²) in [5.41, 5.74) is 3.70. The molecule has 1 unspecified atom stereocenters. The van der Waals surface area contributed by atoms with Crippen molar-refractivity contribution >= 4 is 23.2 Å². The van der Waals surface area contributed by atoms with Crippen LogP contribution in [0, 0.1) is 10.1 Å². The fourth-order valence-electron chi connectivity index (χ4n) is 2.77. The molecule has 1 aliphatic heterocycles. The second-order valence-corrected chi connectivity index (χ2v) is 5.25. The minimum atomic E-state index is -2.14. The number of amides is 2. The summed E-state index contributed by atoms with van der Waals surface area (Å²) in [7, 11) is 1.48. The van der Waals surface area contributed by atoms with E-state index in [1.165, 1.54) is 42.3 Å². The van der Waals surface area contributed by atoms with Gasteiger partial charge in [-0.3, -0.25) is 19.7 Å². The monoisotopic (exact) mass is 327 g/mol. The fraction of sp³-hybridized carbons (Fsp3) is 0.125. The molecule has 2 aromatic rings. The standard InChI is InChI=1S/C16H13N3O5/c1-18-11-7-3-2-6-10(11)16(14(17)20,15(18)21)24-13-9-5-4-8-12(13)19(22)23/h2-9H,1H3,(H2,17,20). The number of hydrogen-bond acceptors (Lipinski definition) is 5. The first-order valence-corrected chi connectivity index (χ1v) is 6.99. The number of primary amides is 1. The summed E-state index contributed by atoms with van der Waals surface area (Å²) in [5, 5.41) is 11.2. The van der Waals surface area contributed by atoms with Crippen molar-refractivity contribution in [1.29, 1.82) is 0 Å². The third-order valence-corrected chi connectivity index (χ3v) is 3.92. The van der Waals surface area contributed by atoms with E-state index in [2.05, 4.69) is 0 Å². The number of fused-ring (bicyclic) bond motifs is 1. The quantitative estimate of drug-likeness (QED) is 0.516. The van der Waals surface area contributed by atoms with E-state index in [4.69, 9.17) is 10.5 Å². The van der Waals surface area contributed by atoms with E-state index < -0.39 is 22.3 Å². The zero-order valence-corrected chi connectivity index (χ0v) is 12.6. The van der Waals surface area contributed by atoms with Gasteiger partial charge in [-0.05, 0) is 12.1 Å². The number of nitrogens with zero attached hydrogens (tertiary/aromatic N) is 2. The molecule has 24 heavy (non-hydrogen) atoms. The van der Waals surface area contributed by atoms with Crippen molar-refractivity contribution in [1.82, 2.24) is 0 Å². The summed E-state index contributed by atoms with van der Waals surface area (Å²) in [6.45, 7) is 0. The van der Waals surface area contributed by atoms with E-state index in [1.807, 2.05) is 0 Å². The molecule has 3 rings (SSSR count). The zero-order valence-electron chi connectivity index (χ0n) is 12.6. The van der Waals surface area contributed by atoms with Crippen LogP contribution in [0.1, 0.15) is 5.56 Å². The van der Waals surface area contributed by atoms with Gasteiger partial charge in [-0.25, -0.2) is 0 Å². The highest BCUT2D eigenvalue weighted by Gasteiger charge is 2.57. The molecule has 0 saturated carbocycles. The van der Waals surface area contributed by atoms with Crippen molar-refractivity contribution in [3.05, 3.63) is 64.2 Å². The highest BCUT2D eigenvalue weighted by atomic mass is 16.6. The molecule has 8 nitrogen and oxygen atoms in total. The third-order valence-electron chi connectivity index (χ3n) is 3.92. The number of rotatable bonds is 4. The molecule has 0 radical (unpaired) electrons. The first kappa shape index (κ1) is 15.5. The van der Waals surface area contributed by atoms with Gasteiger partial charge in [-0.15, -0.1) is 0 Å². The summed E-state index contributed by atoms with van der Waals surface area (Å²) in [6, 6.07) is 12.0. The van der Waals surface area contributed by atoms with Gasteiger partial charge in [0, 0.05) is 18.7 Å². The molecular formula is C16H13N3O5. The third kappa shape index (κ3) is 2.00. The Bertz CT molecular complexity index is 866. The van der Waals surface area contributed by atoms with Crippen molar-refractivity contribution < 1.29 is 19.2 Å². The Morgan fingerprint density at radius 3 is 2.50 bits per heavy atom. The Morgan fingerprint density at radius 1 is 1.21 bits per heavy atom. The molecule has 0 aliphatic carbocycles. The van der Waals surface area contributed by atoms with Gasteiger partial charge in [0.25, 0.3) is 17.4 Å².